The van der Waals surface area contributed by atoms with Crippen LogP contribution in [-0.2, 0) is 7.05 Å². The molecule has 1 aromatic carbocycles. The molecule has 0 amide bonds. The van der Waals surface area contributed by atoms with E-state index in [1.807, 2.05) is 29.9 Å². The van der Waals surface area contributed by atoms with E-state index in [2.05, 4.69) is 0 Å². The highest BCUT2D eigenvalue weighted by Gasteiger charge is 2.21. The molecule has 0 aliphatic carbocycles. The molecule has 5 nitrogen and oxygen atoms in total. The number of ketones is 1. The van der Waals surface area contributed by atoms with E-state index in [4.69, 9.17) is 15.2 Å². The van der Waals surface area contributed by atoms with E-state index >= 15 is 0 Å². The monoisotopic (exact) mass is 317 g/mol. The number of nitrogens with zero attached hydrogens (tertiary/aromatic N) is 1. The van der Waals surface area contributed by atoms with Crippen LogP contribution in [-0.4, -0.2) is 20.0 Å². The number of Topliss-reactive ketones (excluding diaryl/α,β-unsaturated/α-hetero) is 1. The number of pyridine rings is 1. The summed E-state index contributed by atoms with van der Waals surface area (Å²) in [5.41, 5.74) is 7.68. The van der Waals surface area contributed by atoms with Crippen molar-refractivity contribution in [2.75, 3.05) is 20.0 Å². The first-order valence-electron chi connectivity index (χ1n) is 6.75. The van der Waals surface area contributed by atoms with Gasteiger partial charge in [0.1, 0.15) is 7.05 Å². The van der Waals surface area contributed by atoms with E-state index < -0.39 is 0 Å². The molecule has 22 heavy (non-hydrogen) atoms. The zero-order valence-corrected chi connectivity index (χ0v) is 13.7. The zero-order chi connectivity index (χ0) is 16.0. The van der Waals surface area contributed by atoms with Crippen LogP contribution in [0.2, 0.25) is 0 Å². The average Bonchev–Trinajstić information content (AvgIpc) is 2.83. The van der Waals surface area contributed by atoms with E-state index in [0.717, 1.165) is 21.0 Å². The van der Waals surface area contributed by atoms with Crippen LogP contribution in [0.3, 0.4) is 0 Å². The number of thiophene rings is 1. The molecule has 2 heterocycles. The molecule has 0 saturated heterocycles. The van der Waals surface area contributed by atoms with Crippen molar-refractivity contribution < 1.29 is 18.8 Å². The third-order valence-corrected chi connectivity index (χ3v) is 5.11. The number of aromatic nitrogens is 1. The number of hydrogen-bond acceptors (Lipinski definition) is 5. The number of hydrogen-bond donors (Lipinski definition) is 1. The van der Waals surface area contributed by atoms with E-state index in [0.29, 0.717) is 22.1 Å². The molecule has 114 valence electrons. The highest BCUT2D eigenvalue weighted by molar-refractivity contribution is 7.22. The summed E-state index contributed by atoms with van der Waals surface area (Å²) in [6, 6.07) is 3.85. The lowest BCUT2D eigenvalue weighted by molar-refractivity contribution is -0.643. The summed E-state index contributed by atoms with van der Waals surface area (Å²) in [4.78, 5) is 12.4. The van der Waals surface area contributed by atoms with E-state index in [1.165, 1.54) is 18.3 Å². The third kappa shape index (κ3) is 1.99. The Balaban J connectivity index is 2.49. The number of nitrogens with two attached hydrogens (primary N) is 1. The molecule has 0 bridgehead atoms. The Bertz CT molecular complexity index is 915. The molecule has 2 aromatic heterocycles. The number of methoxy groups -OCH3 is 2. The minimum Gasteiger partial charge on any atom is -0.493 e. The number of benzene rings is 1. The average molecular weight is 317 g/mol. The van der Waals surface area contributed by atoms with Crippen LogP contribution < -0.4 is 19.8 Å². The second-order valence-electron chi connectivity index (χ2n) is 5.11. The van der Waals surface area contributed by atoms with Gasteiger partial charge < -0.3 is 15.2 Å². The van der Waals surface area contributed by atoms with Gasteiger partial charge in [0, 0.05) is 6.92 Å². The molecule has 0 aliphatic rings. The minimum absolute atomic E-state index is 0.0185. The molecule has 0 unspecified atom stereocenters. The molecule has 0 radical (unpaired) electrons. The third-order valence-electron chi connectivity index (χ3n) is 3.75. The second kappa shape index (κ2) is 5.14. The minimum atomic E-state index is -0.0185. The van der Waals surface area contributed by atoms with Gasteiger partial charge in [-0.15, -0.1) is 11.3 Å². The fourth-order valence-corrected chi connectivity index (χ4v) is 3.77. The van der Waals surface area contributed by atoms with Crippen LogP contribution in [0.1, 0.15) is 16.6 Å². The van der Waals surface area contributed by atoms with Crippen molar-refractivity contribution in [3.8, 4) is 11.5 Å². The van der Waals surface area contributed by atoms with Gasteiger partial charge in [-0.05, 0) is 6.07 Å². The Kier molecular flexibility index (Phi) is 3.41. The zero-order valence-electron chi connectivity index (χ0n) is 12.9. The first-order valence-corrected chi connectivity index (χ1v) is 7.56. The van der Waals surface area contributed by atoms with Crippen molar-refractivity contribution in [1.82, 2.24) is 0 Å². The molecule has 0 aliphatic heterocycles. The number of carbonyl (C=O) groups is 1. The maximum absolute atomic E-state index is 11.8. The maximum atomic E-state index is 11.8. The van der Waals surface area contributed by atoms with Gasteiger partial charge in [0.15, 0.2) is 23.5 Å². The number of nitrogen functional groups attached to an aromatic ring is 1. The Morgan fingerprint density at radius 2 is 1.82 bits per heavy atom. The van der Waals surface area contributed by atoms with Gasteiger partial charge in [0.05, 0.1) is 46.3 Å². The molecule has 6 heteroatoms. The van der Waals surface area contributed by atoms with Crippen molar-refractivity contribution in [2.24, 2.45) is 7.05 Å². The molecule has 3 rings (SSSR count). The van der Waals surface area contributed by atoms with Gasteiger partial charge in [-0.2, -0.15) is 0 Å². The van der Waals surface area contributed by atoms with E-state index in [-0.39, 0.29) is 5.78 Å². The van der Waals surface area contributed by atoms with Gasteiger partial charge in [-0.3, -0.25) is 4.79 Å². The van der Waals surface area contributed by atoms with Gasteiger partial charge in [-0.25, -0.2) is 4.57 Å². The predicted octanol–water partition coefficient (Wildman–Crippen LogP) is 2.68. The largest absolute Gasteiger partial charge is 0.493 e. The molecule has 0 spiro atoms. The lowest BCUT2D eigenvalue weighted by Gasteiger charge is -2.08. The fraction of sp³-hybridized carbons (Fsp3) is 0.250. The number of ether oxygens (including phenoxy) is 2. The van der Waals surface area contributed by atoms with Crippen molar-refractivity contribution >= 4 is 43.8 Å². The fourth-order valence-electron chi connectivity index (χ4n) is 2.65. The summed E-state index contributed by atoms with van der Waals surface area (Å²) in [5.74, 6) is 1.30. The summed E-state index contributed by atoms with van der Waals surface area (Å²) in [6.45, 7) is 1.53. The summed E-state index contributed by atoms with van der Waals surface area (Å²) >= 11 is 1.42. The van der Waals surface area contributed by atoms with Crippen LogP contribution in [0.4, 0.5) is 5.69 Å². The topological polar surface area (TPSA) is 65.4 Å². The number of aryl methyl sites for hydroxylation is 1. The number of rotatable bonds is 3. The SMILES string of the molecule is COc1cc2c3sc(C(C)=O)c(N)c3c[n+](C)c2cc1OC. The lowest BCUT2D eigenvalue weighted by atomic mass is 10.1. The smallest absolute Gasteiger partial charge is 0.217 e. The summed E-state index contributed by atoms with van der Waals surface area (Å²) in [5, 5.41) is 1.87. The predicted molar refractivity (Wildman–Crippen MR) is 88.0 cm³/mol. The number of anilines is 1. The molecule has 2 N–H and O–H groups in total. The second-order valence-corrected chi connectivity index (χ2v) is 6.13. The van der Waals surface area contributed by atoms with Crippen LogP contribution in [0.15, 0.2) is 18.3 Å². The van der Waals surface area contributed by atoms with Gasteiger partial charge in [-0.1, -0.05) is 0 Å². The Morgan fingerprint density at radius 3 is 2.41 bits per heavy atom. The van der Waals surface area contributed by atoms with Gasteiger partial charge >= 0.3 is 0 Å². The van der Waals surface area contributed by atoms with Crippen molar-refractivity contribution in [1.29, 1.82) is 0 Å². The van der Waals surface area contributed by atoms with Crippen LogP contribution >= 0.6 is 11.3 Å². The first kappa shape index (κ1) is 14.6. The summed E-state index contributed by atoms with van der Waals surface area (Å²) in [7, 11) is 5.16. The van der Waals surface area contributed by atoms with Crippen molar-refractivity contribution in [3.05, 3.63) is 23.2 Å². The van der Waals surface area contributed by atoms with E-state index in [9.17, 15) is 4.79 Å². The highest BCUT2D eigenvalue weighted by atomic mass is 32.1. The van der Waals surface area contributed by atoms with Gasteiger partial charge in [0.2, 0.25) is 5.52 Å². The van der Waals surface area contributed by atoms with Crippen LogP contribution in [0.25, 0.3) is 21.0 Å². The molecular formula is C16H17N2O3S+. The van der Waals surface area contributed by atoms with Crippen molar-refractivity contribution in [2.45, 2.75) is 6.92 Å². The van der Waals surface area contributed by atoms with Crippen molar-refractivity contribution in [3.63, 3.8) is 0 Å². The number of fused-ring (bicyclic) bond motifs is 3. The molecule has 0 fully saturated rings. The van der Waals surface area contributed by atoms with Gasteiger partial charge in [0.25, 0.3) is 0 Å². The highest BCUT2D eigenvalue weighted by Crippen LogP contribution is 2.40. The lowest BCUT2D eigenvalue weighted by Crippen LogP contribution is -2.28. The maximum Gasteiger partial charge on any atom is 0.217 e. The summed E-state index contributed by atoms with van der Waals surface area (Å²) in [6.07, 6.45) is 1.95. The molecule has 0 saturated carbocycles. The molecular weight excluding hydrogens is 300 g/mol. The Morgan fingerprint density at radius 1 is 1.18 bits per heavy atom. The molecule has 3 aromatic rings. The Hall–Kier alpha value is -2.34. The number of carbonyl (C=O) groups excluding carboxylic acids is 1. The Labute approximate surface area is 131 Å². The standard InChI is InChI=1S/C16H16N2O3S/c1-8(19)15-14(17)10-7-18(2)11-6-13(21-4)12(20-3)5-9(11)16(10)22-15/h5-7H,1-4H3,(H-,17,19)/p+1. The van der Waals surface area contributed by atoms with Crippen LogP contribution in [0.5, 0.6) is 11.5 Å². The summed E-state index contributed by atoms with van der Waals surface area (Å²) < 4.78 is 13.7. The normalized spacial score (nSPS) is 11.1. The van der Waals surface area contributed by atoms with E-state index in [1.54, 1.807) is 14.2 Å². The van der Waals surface area contributed by atoms with Crippen LogP contribution in [0, 0.1) is 0 Å². The quantitative estimate of drug-likeness (QED) is 0.596. The first-order chi connectivity index (χ1) is 10.5. The molecule has 0 atom stereocenters.